The normalized spacial score (nSPS) is 21.6. The minimum Gasteiger partial charge on any atom is -0.375 e. The van der Waals surface area contributed by atoms with Gasteiger partial charge in [0, 0.05) is 26.6 Å². The van der Waals surface area contributed by atoms with Crippen molar-refractivity contribution in [2.75, 3.05) is 19.7 Å². The van der Waals surface area contributed by atoms with Crippen LogP contribution >= 0.6 is 0 Å². The molecule has 0 bridgehead atoms. The van der Waals surface area contributed by atoms with Gasteiger partial charge in [-0.15, -0.1) is 0 Å². The number of nitrogens with zero attached hydrogens (tertiary/aromatic N) is 1. The zero-order valence-corrected chi connectivity index (χ0v) is 8.80. The van der Waals surface area contributed by atoms with Crippen LogP contribution in [0.3, 0.4) is 0 Å². The second-order valence-corrected chi connectivity index (χ2v) is 3.89. The molecule has 3 heteroatoms. The van der Waals surface area contributed by atoms with Gasteiger partial charge in [0.25, 0.3) is 0 Å². The van der Waals surface area contributed by atoms with Crippen LogP contribution in [0.1, 0.15) is 33.6 Å². The van der Waals surface area contributed by atoms with Crippen LogP contribution in [0.5, 0.6) is 0 Å². The van der Waals surface area contributed by atoms with Gasteiger partial charge in [-0.25, -0.2) is 0 Å². The lowest BCUT2D eigenvalue weighted by atomic mass is 9.93. The van der Waals surface area contributed by atoms with E-state index in [1.807, 2.05) is 11.8 Å². The number of carbonyl (C=O) groups is 1. The zero-order chi connectivity index (χ0) is 9.90. The van der Waals surface area contributed by atoms with E-state index in [2.05, 4.69) is 6.92 Å². The first-order valence-corrected chi connectivity index (χ1v) is 4.97. The Labute approximate surface area is 80.1 Å². The summed E-state index contributed by atoms with van der Waals surface area (Å²) >= 11 is 0. The summed E-state index contributed by atoms with van der Waals surface area (Å²) in [5.41, 5.74) is 0.000694. The number of hydrogen-bond acceptors (Lipinski definition) is 2. The molecular formula is C10H19NO2. The van der Waals surface area contributed by atoms with Gasteiger partial charge in [0.05, 0.1) is 5.60 Å². The second-order valence-electron chi connectivity index (χ2n) is 3.89. The lowest BCUT2D eigenvalue weighted by Crippen LogP contribution is -2.45. The van der Waals surface area contributed by atoms with Crippen LogP contribution < -0.4 is 0 Å². The summed E-state index contributed by atoms with van der Waals surface area (Å²) in [6.45, 7) is 8.22. The van der Waals surface area contributed by atoms with Gasteiger partial charge in [-0.2, -0.15) is 0 Å². The third-order valence-corrected chi connectivity index (χ3v) is 2.76. The van der Waals surface area contributed by atoms with Crippen molar-refractivity contribution in [3.05, 3.63) is 0 Å². The van der Waals surface area contributed by atoms with E-state index < -0.39 is 0 Å². The van der Waals surface area contributed by atoms with Gasteiger partial charge >= 0.3 is 0 Å². The standard InChI is InChI=1S/C10H19NO2/c1-4-13-10(3)5-7-11(8-6-10)9(2)12/h4-8H2,1-3H3. The molecule has 0 aromatic rings. The quantitative estimate of drug-likeness (QED) is 0.651. The molecule has 0 aliphatic carbocycles. The molecular weight excluding hydrogens is 166 g/mol. The van der Waals surface area contributed by atoms with E-state index in [0.717, 1.165) is 32.5 Å². The number of amides is 1. The summed E-state index contributed by atoms with van der Waals surface area (Å²) in [5.74, 6) is 0.179. The Morgan fingerprint density at radius 2 is 2.00 bits per heavy atom. The molecule has 1 rings (SSSR count). The maximum Gasteiger partial charge on any atom is 0.219 e. The van der Waals surface area contributed by atoms with Gasteiger partial charge < -0.3 is 9.64 Å². The van der Waals surface area contributed by atoms with Crippen molar-refractivity contribution in [3.8, 4) is 0 Å². The third kappa shape index (κ3) is 2.69. The number of carbonyl (C=O) groups excluding carboxylic acids is 1. The molecule has 1 aliphatic rings. The molecule has 76 valence electrons. The fraction of sp³-hybridized carbons (Fsp3) is 0.900. The first-order valence-electron chi connectivity index (χ1n) is 4.97. The lowest BCUT2D eigenvalue weighted by Gasteiger charge is -2.38. The van der Waals surface area contributed by atoms with Crippen LogP contribution in [0, 0.1) is 0 Å². The summed E-state index contributed by atoms with van der Waals surface area (Å²) in [6.07, 6.45) is 1.92. The number of likely N-dealkylation sites (tertiary alicyclic amines) is 1. The summed E-state index contributed by atoms with van der Waals surface area (Å²) in [7, 11) is 0. The predicted molar refractivity (Wildman–Crippen MR) is 51.5 cm³/mol. The second kappa shape index (κ2) is 4.09. The van der Waals surface area contributed by atoms with Gasteiger partial charge in [0.2, 0.25) is 5.91 Å². The van der Waals surface area contributed by atoms with E-state index in [1.54, 1.807) is 6.92 Å². The molecule has 1 aliphatic heterocycles. The number of rotatable bonds is 2. The van der Waals surface area contributed by atoms with E-state index in [-0.39, 0.29) is 11.5 Å². The lowest BCUT2D eigenvalue weighted by molar-refractivity contribution is -0.134. The smallest absolute Gasteiger partial charge is 0.219 e. The van der Waals surface area contributed by atoms with E-state index in [0.29, 0.717) is 0 Å². The fourth-order valence-corrected chi connectivity index (χ4v) is 1.79. The highest BCUT2D eigenvalue weighted by Crippen LogP contribution is 2.25. The minimum atomic E-state index is 0.000694. The van der Waals surface area contributed by atoms with E-state index >= 15 is 0 Å². The van der Waals surface area contributed by atoms with Crippen LogP contribution in [-0.4, -0.2) is 36.1 Å². The largest absolute Gasteiger partial charge is 0.375 e. The molecule has 3 nitrogen and oxygen atoms in total. The number of ether oxygens (including phenoxy) is 1. The van der Waals surface area contributed by atoms with Crippen LogP contribution in [0.15, 0.2) is 0 Å². The van der Waals surface area contributed by atoms with E-state index in [4.69, 9.17) is 4.74 Å². The van der Waals surface area contributed by atoms with Crippen molar-refractivity contribution >= 4 is 5.91 Å². The van der Waals surface area contributed by atoms with Gasteiger partial charge in [0.15, 0.2) is 0 Å². The molecule has 0 radical (unpaired) electrons. The first-order chi connectivity index (χ1) is 6.07. The summed E-state index contributed by atoms with van der Waals surface area (Å²) < 4.78 is 5.66. The molecule has 0 N–H and O–H groups in total. The van der Waals surface area contributed by atoms with Crippen molar-refractivity contribution < 1.29 is 9.53 Å². The van der Waals surface area contributed by atoms with E-state index in [9.17, 15) is 4.79 Å². The number of hydrogen-bond donors (Lipinski definition) is 0. The van der Waals surface area contributed by atoms with Crippen LogP contribution in [0.25, 0.3) is 0 Å². The Morgan fingerprint density at radius 3 is 2.38 bits per heavy atom. The topological polar surface area (TPSA) is 29.5 Å². The first kappa shape index (κ1) is 10.5. The molecule has 0 unspecified atom stereocenters. The molecule has 0 atom stereocenters. The Balaban J connectivity index is 2.41. The molecule has 0 aromatic heterocycles. The van der Waals surface area contributed by atoms with E-state index in [1.165, 1.54) is 0 Å². The predicted octanol–water partition coefficient (Wildman–Crippen LogP) is 1.42. The monoisotopic (exact) mass is 185 g/mol. The molecule has 0 spiro atoms. The molecule has 1 amide bonds. The zero-order valence-electron chi connectivity index (χ0n) is 8.80. The van der Waals surface area contributed by atoms with Gasteiger partial charge in [0.1, 0.15) is 0 Å². The van der Waals surface area contributed by atoms with Gasteiger partial charge in [-0.05, 0) is 26.7 Å². The Kier molecular flexibility index (Phi) is 3.31. The van der Waals surface area contributed by atoms with Gasteiger partial charge in [-0.3, -0.25) is 4.79 Å². The van der Waals surface area contributed by atoms with Crippen molar-refractivity contribution in [3.63, 3.8) is 0 Å². The van der Waals surface area contributed by atoms with Crippen LogP contribution in [0.2, 0.25) is 0 Å². The summed E-state index contributed by atoms with van der Waals surface area (Å²) in [4.78, 5) is 12.9. The summed E-state index contributed by atoms with van der Waals surface area (Å²) in [5, 5.41) is 0. The van der Waals surface area contributed by atoms with Crippen molar-refractivity contribution in [2.45, 2.75) is 39.2 Å². The molecule has 0 saturated carbocycles. The third-order valence-electron chi connectivity index (χ3n) is 2.76. The molecule has 13 heavy (non-hydrogen) atoms. The maximum absolute atomic E-state index is 11.1. The van der Waals surface area contributed by atoms with Crippen molar-refractivity contribution in [2.24, 2.45) is 0 Å². The average molecular weight is 185 g/mol. The molecule has 1 heterocycles. The fourth-order valence-electron chi connectivity index (χ4n) is 1.79. The summed E-state index contributed by atoms with van der Waals surface area (Å²) in [6, 6.07) is 0. The SMILES string of the molecule is CCOC1(C)CCN(C(C)=O)CC1. The Bertz CT molecular complexity index is 183. The molecule has 0 aromatic carbocycles. The van der Waals surface area contributed by atoms with Crippen molar-refractivity contribution in [1.29, 1.82) is 0 Å². The Morgan fingerprint density at radius 1 is 1.46 bits per heavy atom. The molecule has 1 saturated heterocycles. The Hall–Kier alpha value is -0.570. The highest BCUT2D eigenvalue weighted by molar-refractivity contribution is 5.73. The molecule has 1 fully saturated rings. The number of piperidine rings is 1. The maximum atomic E-state index is 11.1. The van der Waals surface area contributed by atoms with Crippen LogP contribution in [0.4, 0.5) is 0 Å². The highest BCUT2D eigenvalue weighted by Gasteiger charge is 2.30. The minimum absolute atomic E-state index is 0.000694. The average Bonchev–Trinajstić information content (AvgIpc) is 2.05. The van der Waals surface area contributed by atoms with Crippen molar-refractivity contribution in [1.82, 2.24) is 4.90 Å². The van der Waals surface area contributed by atoms with Gasteiger partial charge in [-0.1, -0.05) is 0 Å². The van der Waals surface area contributed by atoms with Crippen LogP contribution in [-0.2, 0) is 9.53 Å². The highest BCUT2D eigenvalue weighted by atomic mass is 16.5.